The highest BCUT2D eigenvalue weighted by molar-refractivity contribution is 5.91. The molecule has 25 heavy (non-hydrogen) atoms. The molecule has 0 atom stereocenters. The number of rotatable bonds is 5. The average molecular weight is 336 g/mol. The average Bonchev–Trinajstić information content (AvgIpc) is 2.98. The number of hydrogen-bond acceptors (Lipinski definition) is 3. The van der Waals surface area contributed by atoms with Gasteiger partial charge in [-0.05, 0) is 66.4 Å². The fourth-order valence-corrected chi connectivity index (χ4v) is 2.71. The number of aromatic amines is 1. The summed E-state index contributed by atoms with van der Waals surface area (Å²) in [7, 11) is 0. The first kappa shape index (κ1) is 16.6. The van der Waals surface area contributed by atoms with Crippen LogP contribution in [-0.2, 0) is 11.2 Å². The van der Waals surface area contributed by atoms with E-state index in [0.717, 1.165) is 27.6 Å². The van der Waals surface area contributed by atoms with Gasteiger partial charge < -0.3 is 20.5 Å². The number of H-pyrrole nitrogens is 1. The Balaban J connectivity index is 1.56. The third-order valence-corrected chi connectivity index (χ3v) is 4.09. The van der Waals surface area contributed by atoms with E-state index in [4.69, 9.17) is 0 Å². The van der Waals surface area contributed by atoms with Crippen LogP contribution in [0.25, 0.3) is 17.0 Å². The molecule has 0 aliphatic carbocycles. The number of phenols is 2. The van der Waals surface area contributed by atoms with E-state index in [-0.39, 0.29) is 17.4 Å². The van der Waals surface area contributed by atoms with Gasteiger partial charge in [-0.1, -0.05) is 6.07 Å². The van der Waals surface area contributed by atoms with Gasteiger partial charge in [-0.15, -0.1) is 0 Å². The Kier molecular flexibility index (Phi) is 4.75. The SMILES string of the molecule is Cc1cc(C=CC(=O)NCCc2c[nH]c3ccc(O)cc23)ccc1O. The molecular formula is C20H20N2O3. The first-order valence-corrected chi connectivity index (χ1v) is 8.07. The second-order valence-corrected chi connectivity index (χ2v) is 5.96. The number of aromatic nitrogens is 1. The normalized spacial score (nSPS) is 11.2. The lowest BCUT2D eigenvalue weighted by atomic mass is 10.1. The monoisotopic (exact) mass is 336 g/mol. The maximum atomic E-state index is 11.9. The van der Waals surface area contributed by atoms with Gasteiger partial charge in [-0.3, -0.25) is 4.79 Å². The van der Waals surface area contributed by atoms with E-state index in [9.17, 15) is 15.0 Å². The smallest absolute Gasteiger partial charge is 0.244 e. The largest absolute Gasteiger partial charge is 0.508 e. The van der Waals surface area contributed by atoms with E-state index in [0.29, 0.717) is 13.0 Å². The summed E-state index contributed by atoms with van der Waals surface area (Å²) in [6.07, 6.45) is 5.76. The van der Waals surface area contributed by atoms with Crippen molar-refractivity contribution in [1.29, 1.82) is 0 Å². The first-order chi connectivity index (χ1) is 12.0. The van der Waals surface area contributed by atoms with Crippen LogP contribution in [-0.4, -0.2) is 27.6 Å². The highest BCUT2D eigenvalue weighted by atomic mass is 16.3. The molecule has 0 aliphatic heterocycles. The minimum Gasteiger partial charge on any atom is -0.508 e. The molecule has 3 aromatic rings. The lowest BCUT2D eigenvalue weighted by molar-refractivity contribution is -0.116. The minimum atomic E-state index is -0.173. The molecule has 5 heteroatoms. The van der Waals surface area contributed by atoms with Crippen molar-refractivity contribution in [1.82, 2.24) is 10.3 Å². The minimum absolute atomic E-state index is 0.173. The second kappa shape index (κ2) is 7.13. The van der Waals surface area contributed by atoms with Crippen molar-refractivity contribution >= 4 is 22.9 Å². The van der Waals surface area contributed by atoms with Gasteiger partial charge in [-0.2, -0.15) is 0 Å². The third kappa shape index (κ3) is 4.01. The number of benzene rings is 2. The molecule has 1 amide bonds. The van der Waals surface area contributed by atoms with Crippen molar-refractivity contribution in [2.75, 3.05) is 6.54 Å². The summed E-state index contributed by atoms with van der Waals surface area (Å²) in [5.74, 6) is 0.296. The van der Waals surface area contributed by atoms with Crippen LogP contribution < -0.4 is 5.32 Å². The Bertz CT molecular complexity index is 941. The van der Waals surface area contributed by atoms with Crippen molar-refractivity contribution in [3.63, 3.8) is 0 Å². The van der Waals surface area contributed by atoms with Crippen molar-refractivity contribution < 1.29 is 15.0 Å². The molecule has 0 radical (unpaired) electrons. The van der Waals surface area contributed by atoms with E-state index in [2.05, 4.69) is 10.3 Å². The van der Waals surface area contributed by atoms with E-state index >= 15 is 0 Å². The molecule has 3 rings (SSSR count). The van der Waals surface area contributed by atoms with Crippen LogP contribution in [0.5, 0.6) is 11.5 Å². The van der Waals surface area contributed by atoms with Gasteiger partial charge in [0.2, 0.25) is 5.91 Å². The molecule has 0 spiro atoms. The summed E-state index contributed by atoms with van der Waals surface area (Å²) in [4.78, 5) is 15.1. The number of amides is 1. The molecule has 0 saturated carbocycles. The van der Waals surface area contributed by atoms with E-state index in [1.165, 1.54) is 6.08 Å². The number of aryl methyl sites for hydroxylation is 1. The number of hydrogen-bond donors (Lipinski definition) is 4. The van der Waals surface area contributed by atoms with Crippen LogP contribution in [0.15, 0.2) is 48.7 Å². The summed E-state index contributed by atoms with van der Waals surface area (Å²) in [6.45, 7) is 2.31. The summed E-state index contributed by atoms with van der Waals surface area (Å²) >= 11 is 0. The van der Waals surface area contributed by atoms with Crippen LogP contribution in [0.2, 0.25) is 0 Å². The zero-order valence-electron chi connectivity index (χ0n) is 13.9. The number of nitrogens with one attached hydrogen (secondary N) is 2. The Morgan fingerprint density at radius 2 is 2.04 bits per heavy atom. The van der Waals surface area contributed by atoms with E-state index in [1.807, 2.05) is 25.3 Å². The molecular weight excluding hydrogens is 316 g/mol. The highest BCUT2D eigenvalue weighted by Gasteiger charge is 2.05. The zero-order chi connectivity index (χ0) is 17.8. The number of fused-ring (bicyclic) bond motifs is 1. The molecule has 128 valence electrons. The molecule has 0 bridgehead atoms. The van der Waals surface area contributed by atoms with E-state index < -0.39 is 0 Å². The number of carbonyl (C=O) groups excluding carboxylic acids is 1. The third-order valence-electron chi connectivity index (χ3n) is 4.09. The molecule has 5 nitrogen and oxygen atoms in total. The summed E-state index contributed by atoms with van der Waals surface area (Å²) in [5.41, 5.74) is 3.63. The van der Waals surface area contributed by atoms with Crippen LogP contribution in [0.1, 0.15) is 16.7 Å². The van der Waals surface area contributed by atoms with Gasteiger partial charge >= 0.3 is 0 Å². The Labute approximate surface area is 145 Å². The topological polar surface area (TPSA) is 85.4 Å². The molecule has 1 heterocycles. The quantitative estimate of drug-likeness (QED) is 0.540. The van der Waals surface area contributed by atoms with Crippen molar-refractivity contribution in [2.24, 2.45) is 0 Å². The van der Waals surface area contributed by atoms with Crippen LogP contribution in [0.3, 0.4) is 0 Å². The Hall–Kier alpha value is -3.21. The van der Waals surface area contributed by atoms with Gasteiger partial charge in [0, 0.05) is 29.7 Å². The summed E-state index contributed by atoms with van der Waals surface area (Å²) in [6, 6.07) is 10.4. The van der Waals surface area contributed by atoms with Crippen molar-refractivity contribution in [2.45, 2.75) is 13.3 Å². The van der Waals surface area contributed by atoms with Gasteiger partial charge in [0.1, 0.15) is 11.5 Å². The molecule has 0 fully saturated rings. The predicted octanol–water partition coefficient (Wildman–Crippen LogP) is 3.26. The van der Waals surface area contributed by atoms with Gasteiger partial charge in [-0.25, -0.2) is 0 Å². The van der Waals surface area contributed by atoms with Crippen LogP contribution in [0.4, 0.5) is 0 Å². The number of phenolic OH excluding ortho intramolecular Hbond substituents is 2. The molecule has 0 saturated heterocycles. The molecule has 2 aromatic carbocycles. The summed E-state index contributed by atoms with van der Waals surface area (Å²) < 4.78 is 0. The Morgan fingerprint density at radius 3 is 2.84 bits per heavy atom. The number of carbonyl (C=O) groups is 1. The lowest BCUT2D eigenvalue weighted by Crippen LogP contribution is -2.23. The Morgan fingerprint density at radius 1 is 1.20 bits per heavy atom. The maximum Gasteiger partial charge on any atom is 0.244 e. The molecule has 1 aromatic heterocycles. The highest BCUT2D eigenvalue weighted by Crippen LogP contribution is 2.23. The lowest BCUT2D eigenvalue weighted by Gasteiger charge is -2.03. The van der Waals surface area contributed by atoms with Crippen molar-refractivity contribution in [3.8, 4) is 11.5 Å². The predicted molar refractivity (Wildman–Crippen MR) is 98.6 cm³/mol. The summed E-state index contributed by atoms with van der Waals surface area (Å²) in [5, 5.41) is 22.9. The molecule has 0 aliphatic rings. The fraction of sp³-hybridized carbons (Fsp3) is 0.150. The van der Waals surface area contributed by atoms with E-state index in [1.54, 1.807) is 30.3 Å². The van der Waals surface area contributed by atoms with Gasteiger partial charge in [0.05, 0.1) is 0 Å². The van der Waals surface area contributed by atoms with Crippen LogP contribution in [0, 0.1) is 6.92 Å². The number of aromatic hydroxyl groups is 2. The van der Waals surface area contributed by atoms with Gasteiger partial charge in [0.15, 0.2) is 0 Å². The first-order valence-electron chi connectivity index (χ1n) is 8.07. The van der Waals surface area contributed by atoms with Gasteiger partial charge in [0.25, 0.3) is 0 Å². The zero-order valence-corrected chi connectivity index (χ0v) is 13.9. The molecule has 4 N–H and O–H groups in total. The standard InChI is InChI=1S/C20H20N2O3/c1-13-10-14(2-6-19(13)24)3-7-20(25)21-9-8-15-12-22-18-5-4-16(23)11-17(15)18/h2-7,10-12,22-24H,8-9H2,1H3,(H,21,25). The van der Waals surface area contributed by atoms with Crippen LogP contribution >= 0.6 is 0 Å². The maximum absolute atomic E-state index is 11.9. The molecule has 0 unspecified atom stereocenters. The van der Waals surface area contributed by atoms with Crippen molar-refractivity contribution in [3.05, 3.63) is 65.4 Å². The second-order valence-electron chi connectivity index (χ2n) is 5.96. The fourth-order valence-electron chi connectivity index (χ4n) is 2.71.